The molecule has 0 bridgehead atoms. The number of benzene rings is 1. The van der Waals surface area contributed by atoms with Crippen molar-refractivity contribution in [2.45, 2.75) is 20.4 Å². The molecule has 114 valence electrons. The molecule has 0 unspecified atom stereocenters. The number of rotatable bonds is 3. The number of nitrogens with one attached hydrogen (secondary N) is 2. The zero-order valence-corrected chi connectivity index (χ0v) is 12.5. The normalized spacial score (nSPS) is 9.91. The van der Waals surface area contributed by atoms with Crippen LogP contribution in [0.2, 0.25) is 0 Å². The Hall–Kier alpha value is -2.96. The second-order valence-corrected chi connectivity index (χ2v) is 4.20. The van der Waals surface area contributed by atoms with Crippen LogP contribution in [0.25, 0.3) is 11.2 Å². The minimum atomic E-state index is -0.387. The van der Waals surface area contributed by atoms with E-state index in [-0.39, 0.29) is 22.7 Å². The van der Waals surface area contributed by atoms with Gasteiger partial charge in [-0.1, -0.05) is 32.0 Å². The summed E-state index contributed by atoms with van der Waals surface area (Å²) in [6.45, 7) is 4.47. The van der Waals surface area contributed by atoms with Gasteiger partial charge in [0, 0.05) is 5.69 Å². The van der Waals surface area contributed by atoms with E-state index in [4.69, 9.17) is 5.73 Å². The molecule has 2 aromatic heterocycles. The van der Waals surface area contributed by atoms with E-state index < -0.39 is 0 Å². The van der Waals surface area contributed by atoms with Gasteiger partial charge in [0.2, 0.25) is 5.95 Å². The zero-order chi connectivity index (χ0) is 15.9. The van der Waals surface area contributed by atoms with Gasteiger partial charge in [-0.3, -0.25) is 9.78 Å². The van der Waals surface area contributed by atoms with Crippen LogP contribution in [-0.2, 0) is 6.54 Å². The van der Waals surface area contributed by atoms with Gasteiger partial charge in [0.15, 0.2) is 11.2 Å². The number of anilines is 2. The maximum atomic E-state index is 11.7. The summed E-state index contributed by atoms with van der Waals surface area (Å²) >= 11 is 0. The minimum Gasteiger partial charge on any atom is -0.379 e. The summed E-state index contributed by atoms with van der Waals surface area (Å²) in [5.41, 5.74) is 7.12. The highest BCUT2D eigenvalue weighted by molar-refractivity contribution is 5.69. The minimum absolute atomic E-state index is 0.0342. The van der Waals surface area contributed by atoms with Gasteiger partial charge in [-0.15, -0.1) is 0 Å². The fourth-order valence-corrected chi connectivity index (χ4v) is 1.80. The summed E-state index contributed by atoms with van der Waals surface area (Å²) in [6.07, 6.45) is 1.57. The van der Waals surface area contributed by atoms with Crippen LogP contribution in [0.4, 0.5) is 11.6 Å². The molecule has 1 aromatic carbocycles. The second kappa shape index (κ2) is 7.16. The molecule has 4 N–H and O–H groups in total. The molecule has 3 rings (SSSR count). The third-order valence-electron chi connectivity index (χ3n) is 2.73. The number of hydrogen-bond acceptors (Lipinski definition) is 6. The van der Waals surface area contributed by atoms with Gasteiger partial charge in [0.1, 0.15) is 0 Å². The van der Waals surface area contributed by atoms with E-state index in [1.165, 1.54) is 0 Å². The highest BCUT2D eigenvalue weighted by Crippen LogP contribution is 2.08. The lowest BCUT2D eigenvalue weighted by molar-refractivity contribution is 1.02. The van der Waals surface area contributed by atoms with Gasteiger partial charge >= 0.3 is 0 Å². The van der Waals surface area contributed by atoms with Crippen molar-refractivity contribution in [3.05, 3.63) is 52.6 Å². The topological polar surface area (TPSA) is 110 Å². The molecule has 0 saturated carbocycles. The summed E-state index contributed by atoms with van der Waals surface area (Å²) in [6, 6.07) is 9.71. The summed E-state index contributed by atoms with van der Waals surface area (Å²) in [5, 5.41) is 3.20. The predicted octanol–water partition coefficient (Wildman–Crippen LogP) is 1.93. The Labute approximate surface area is 127 Å². The molecule has 0 radical (unpaired) electrons. The standard InChI is InChI=1S/C13H12N6O.C2H6/c14-13-18-11-10(12(20)19-13)17-9(7-16-11)6-15-8-4-2-1-3-5-8;1-2/h1-5,7,15H,6H2,(H3,14,16,18,19,20);1-2H3. The van der Waals surface area contributed by atoms with Gasteiger partial charge in [-0.25, -0.2) is 9.97 Å². The molecule has 7 nitrogen and oxygen atoms in total. The van der Waals surface area contributed by atoms with Crippen LogP contribution in [0.3, 0.4) is 0 Å². The average molecular weight is 298 g/mol. The lowest BCUT2D eigenvalue weighted by Gasteiger charge is -2.05. The monoisotopic (exact) mass is 298 g/mol. The van der Waals surface area contributed by atoms with Crippen molar-refractivity contribution in [3.8, 4) is 0 Å². The Balaban J connectivity index is 0.000000847. The van der Waals surface area contributed by atoms with Crippen LogP contribution in [-0.4, -0.2) is 19.9 Å². The summed E-state index contributed by atoms with van der Waals surface area (Å²) in [7, 11) is 0. The molecule has 0 amide bonds. The molecule has 0 aliphatic heterocycles. The molecular formula is C15H18N6O. The fourth-order valence-electron chi connectivity index (χ4n) is 1.80. The first-order valence-corrected chi connectivity index (χ1v) is 7.03. The number of para-hydroxylation sites is 1. The van der Waals surface area contributed by atoms with Crippen LogP contribution >= 0.6 is 0 Å². The lowest BCUT2D eigenvalue weighted by Crippen LogP contribution is -2.15. The fraction of sp³-hybridized carbons (Fsp3) is 0.200. The molecule has 7 heteroatoms. The number of fused-ring (bicyclic) bond motifs is 1. The summed E-state index contributed by atoms with van der Waals surface area (Å²) < 4.78 is 0. The Morgan fingerprint density at radius 3 is 2.64 bits per heavy atom. The van der Waals surface area contributed by atoms with Crippen molar-refractivity contribution < 1.29 is 0 Å². The maximum absolute atomic E-state index is 11.7. The number of nitrogens with zero attached hydrogens (tertiary/aromatic N) is 3. The van der Waals surface area contributed by atoms with Crippen LogP contribution in [0, 0.1) is 0 Å². The smallest absolute Gasteiger partial charge is 0.280 e. The Kier molecular flexibility index (Phi) is 5.02. The largest absolute Gasteiger partial charge is 0.379 e. The van der Waals surface area contributed by atoms with Gasteiger partial charge in [-0.05, 0) is 12.1 Å². The van der Waals surface area contributed by atoms with E-state index in [1.54, 1.807) is 6.20 Å². The first kappa shape index (κ1) is 15.4. The van der Waals surface area contributed by atoms with Crippen molar-refractivity contribution in [1.29, 1.82) is 0 Å². The Morgan fingerprint density at radius 1 is 1.18 bits per heavy atom. The number of aromatic amines is 1. The maximum Gasteiger partial charge on any atom is 0.280 e. The number of hydrogen-bond donors (Lipinski definition) is 3. The first-order valence-electron chi connectivity index (χ1n) is 7.03. The average Bonchev–Trinajstić information content (AvgIpc) is 2.56. The lowest BCUT2D eigenvalue weighted by atomic mass is 10.3. The first-order chi connectivity index (χ1) is 10.7. The molecule has 22 heavy (non-hydrogen) atoms. The predicted molar refractivity (Wildman–Crippen MR) is 87.5 cm³/mol. The van der Waals surface area contributed by atoms with Gasteiger partial charge < -0.3 is 11.1 Å². The van der Waals surface area contributed by atoms with E-state index >= 15 is 0 Å². The van der Waals surface area contributed by atoms with E-state index in [0.717, 1.165) is 5.69 Å². The molecule has 0 spiro atoms. The number of aromatic nitrogens is 4. The van der Waals surface area contributed by atoms with E-state index in [9.17, 15) is 4.79 Å². The van der Waals surface area contributed by atoms with Crippen molar-refractivity contribution in [3.63, 3.8) is 0 Å². The third kappa shape index (κ3) is 3.57. The van der Waals surface area contributed by atoms with Crippen molar-refractivity contribution in [2.75, 3.05) is 11.1 Å². The van der Waals surface area contributed by atoms with E-state index in [0.29, 0.717) is 12.2 Å². The van der Waals surface area contributed by atoms with Gasteiger partial charge in [-0.2, -0.15) is 4.98 Å². The second-order valence-electron chi connectivity index (χ2n) is 4.20. The van der Waals surface area contributed by atoms with Crippen LogP contribution in [0.5, 0.6) is 0 Å². The highest BCUT2D eigenvalue weighted by Gasteiger charge is 2.06. The van der Waals surface area contributed by atoms with Crippen molar-refractivity contribution in [1.82, 2.24) is 19.9 Å². The molecule has 3 aromatic rings. The zero-order valence-electron chi connectivity index (χ0n) is 12.5. The molecule has 2 heterocycles. The molecular weight excluding hydrogens is 280 g/mol. The SMILES string of the molecule is CC.Nc1nc2ncc(CNc3ccccc3)nc2c(=O)[nH]1. The van der Waals surface area contributed by atoms with Crippen molar-refractivity contribution in [2.24, 2.45) is 0 Å². The van der Waals surface area contributed by atoms with Gasteiger partial charge in [0.25, 0.3) is 5.56 Å². The van der Waals surface area contributed by atoms with Crippen LogP contribution in [0.1, 0.15) is 19.5 Å². The van der Waals surface area contributed by atoms with Gasteiger partial charge in [0.05, 0.1) is 18.4 Å². The number of nitrogens with two attached hydrogens (primary N) is 1. The molecule has 0 aliphatic rings. The Morgan fingerprint density at radius 2 is 1.91 bits per heavy atom. The number of H-pyrrole nitrogens is 1. The van der Waals surface area contributed by atoms with Crippen LogP contribution in [0.15, 0.2) is 41.3 Å². The Bertz CT molecular complexity index is 800. The number of nitrogen functional groups attached to an aromatic ring is 1. The molecule has 0 fully saturated rings. The molecule has 0 atom stereocenters. The quantitative estimate of drug-likeness (QED) is 0.681. The summed E-state index contributed by atoms with van der Waals surface area (Å²) in [4.78, 5) is 26.4. The molecule has 0 aliphatic carbocycles. The van der Waals surface area contributed by atoms with Crippen molar-refractivity contribution >= 4 is 22.8 Å². The molecule has 0 saturated heterocycles. The summed E-state index contributed by atoms with van der Waals surface area (Å²) in [5.74, 6) is 0.0342. The van der Waals surface area contributed by atoms with Crippen LogP contribution < -0.4 is 16.6 Å². The van der Waals surface area contributed by atoms with E-state index in [2.05, 4.69) is 25.3 Å². The third-order valence-corrected chi connectivity index (χ3v) is 2.73. The van der Waals surface area contributed by atoms with E-state index in [1.807, 2.05) is 44.2 Å². The highest BCUT2D eigenvalue weighted by atomic mass is 16.1.